The van der Waals surface area contributed by atoms with Gasteiger partial charge >= 0.3 is 6.18 Å². The first kappa shape index (κ1) is 29.2. The van der Waals surface area contributed by atoms with Crippen LogP contribution in [0.3, 0.4) is 0 Å². The number of aliphatic hydroxyl groups is 3. The number of nitrogens with zero attached hydrogens (tertiary/aromatic N) is 4. The third-order valence-electron chi connectivity index (χ3n) is 5.29. The van der Waals surface area contributed by atoms with Crippen molar-refractivity contribution in [2.75, 3.05) is 30.3 Å². The van der Waals surface area contributed by atoms with Gasteiger partial charge < -0.3 is 30.4 Å². The van der Waals surface area contributed by atoms with Crippen molar-refractivity contribution < 1.29 is 32.9 Å². The van der Waals surface area contributed by atoms with Gasteiger partial charge in [-0.2, -0.15) is 18.2 Å². The molecule has 0 spiro atoms. The maximum absolute atomic E-state index is 12.6. The number of hydrogen-bond donors (Lipinski definition) is 5. The number of hydrogen-bond acceptors (Lipinski definition) is 10. The zero-order valence-corrected chi connectivity index (χ0v) is 20.7. The smallest absolute Gasteiger partial charge is 0.405 e. The van der Waals surface area contributed by atoms with E-state index >= 15 is 0 Å². The molecule has 1 unspecified atom stereocenters. The van der Waals surface area contributed by atoms with Crippen molar-refractivity contribution >= 4 is 22.9 Å². The summed E-state index contributed by atoms with van der Waals surface area (Å²) in [6.45, 7) is 5.96. The van der Waals surface area contributed by atoms with Gasteiger partial charge in [-0.15, -0.1) is 0 Å². The summed E-state index contributed by atoms with van der Waals surface area (Å²) in [5, 5.41) is 31.5. The Hall–Kier alpha value is -3.03. The highest BCUT2D eigenvalue weighted by Gasteiger charge is 2.28. The lowest BCUT2D eigenvalue weighted by Crippen LogP contribution is -2.23. The molecule has 36 heavy (non-hydrogen) atoms. The maximum atomic E-state index is 12.6. The van der Waals surface area contributed by atoms with Gasteiger partial charge in [0.2, 0.25) is 11.8 Å². The molecular formula is C23H33F3N6O4. The minimum Gasteiger partial charge on any atom is -0.436 e. The number of fused-ring (bicyclic) bond motifs is 1. The summed E-state index contributed by atoms with van der Waals surface area (Å²) in [6, 6.07) is 1.67. The van der Waals surface area contributed by atoms with Crippen LogP contribution in [0.4, 0.5) is 24.9 Å². The van der Waals surface area contributed by atoms with E-state index < -0.39 is 18.5 Å². The normalized spacial score (nSPS) is 12.7. The third-order valence-corrected chi connectivity index (χ3v) is 5.29. The van der Waals surface area contributed by atoms with Gasteiger partial charge in [0.1, 0.15) is 23.4 Å². The van der Waals surface area contributed by atoms with Crippen LogP contribution in [0.2, 0.25) is 0 Å². The van der Waals surface area contributed by atoms with E-state index in [2.05, 4.69) is 30.6 Å². The number of oxazole rings is 1. The van der Waals surface area contributed by atoms with Crippen LogP contribution in [0, 0.1) is 12.8 Å². The van der Waals surface area contributed by atoms with E-state index in [1.165, 1.54) is 6.92 Å². The standard InChI is InChI=1S/C19H23F3N6O2.C4H10O2/c1-3-12(9-29)4-7-24-16-15(17-27-13-8-23-6-5-14(13)30-17)11(2)26-18(28-16)25-10-19(20,21)22;1-3-4(2,5)6/h5-6,8,12,29H,3-4,7,9-10H2,1-2H3,(H2,24,25,26,28);5-6H,3H2,1-2H3. The molecule has 200 valence electrons. The Balaban J connectivity index is 0.000000678. The molecule has 0 fully saturated rings. The molecule has 0 saturated heterocycles. The molecule has 0 amide bonds. The Kier molecular flexibility index (Phi) is 10.4. The molecule has 0 bridgehead atoms. The van der Waals surface area contributed by atoms with Crippen molar-refractivity contribution in [1.82, 2.24) is 19.9 Å². The first-order chi connectivity index (χ1) is 16.9. The van der Waals surface area contributed by atoms with Gasteiger partial charge in [0, 0.05) is 25.4 Å². The molecule has 1 atom stereocenters. The quantitative estimate of drug-likeness (QED) is 0.252. The Morgan fingerprint density at radius 2 is 1.81 bits per heavy atom. The number of anilines is 2. The van der Waals surface area contributed by atoms with Crippen molar-refractivity contribution in [1.29, 1.82) is 0 Å². The minimum atomic E-state index is -4.40. The number of rotatable bonds is 10. The van der Waals surface area contributed by atoms with Crippen molar-refractivity contribution in [3.05, 3.63) is 24.2 Å². The molecule has 0 saturated carbocycles. The molecule has 0 aliphatic heterocycles. The predicted molar refractivity (Wildman–Crippen MR) is 129 cm³/mol. The first-order valence-electron chi connectivity index (χ1n) is 11.6. The van der Waals surface area contributed by atoms with E-state index in [0.717, 1.165) is 6.42 Å². The van der Waals surface area contributed by atoms with Gasteiger partial charge in [0.15, 0.2) is 11.4 Å². The average Bonchev–Trinajstić information content (AvgIpc) is 3.23. The second kappa shape index (κ2) is 12.8. The third kappa shape index (κ3) is 9.21. The van der Waals surface area contributed by atoms with Gasteiger partial charge in [-0.3, -0.25) is 4.98 Å². The molecule has 3 heterocycles. The largest absolute Gasteiger partial charge is 0.436 e. The number of alkyl halides is 3. The van der Waals surface area contributed by atoms with E-state index in [1.54, 1.807) is 32.3 Å². The van der Waals surface area contributed by atoms with E-state index in [-0.39, 0.29) is 24.4 Å². The lowest BCUT2D eigenvalue weighted by Gasteiger charge is -2.16. The van der Waals surface area contributed by atoms with Crippen LogP contribution in [0.25, 0.3) is 22.6 Å². The van der Waals surface area contributed by atoms with Crippen molar-refractivity contribution in [3.8, 4) is 11.5 Å². The summed E-state index contributed by atoms with van der Waals surface area (Å²) < 4.78 is 43.5. The molecule has 3 aromatic rings. The Labute approximate surface area is 207 Å². The van der Waals surface area contributed by atoms with Crippen LogP contribution < -0.4 is 10.6 Å². The van der Waals surface area contributed by atoms with Crippen LogP contribution in [-0.2, 0) is 0 Å². The lowest BCUT2D eigenvalue weighted by molar-refractivity contribution is -0.145. The summed E-state index contributed by atoms with van der Waals surface area (Å²) >= 11 is 0. The molecule has 0 aliphatic rings. The van der Waals surface area contributed by atoms with Gasteiger partial charge in [-0.05, 0) is 32.6 Å². The predicted octanol–water partition coefficient (Wildman–Crippen LogP) is 3.88. The highest BCUT2D eigenvalue weighted by atomic mass is 19.4. The van der Waals surface area contributed by atoms with E-state index in [9.17, 15) is 18.3 Å². The first-order valence-corrected chi connectivity index (χ1v) is 11.6. The van der Waals surface area contributed by atoms with Gasteiger partial charge in [-0.25, -0.2) is 9.97 Å². The molecule has 13 heteroatoms. The van der Waals surface area contributed by atoms with Crippen LogP contribution in [0.5, 0.6) is 0 Å². The van der Waals surface area contributed by atoms with Gasteiger partial charge in [0.05, 0.1) is 11.9 Å². The molecule has 10 nitrogen and oxygen atoms in total. The second-order valence-electron chi connectivity index (χ2n) is 8.43. The van der Waals surface area contributed by atoms with Gasteiger partial charge in [-0.1, -0.05) is 20.3 Å². The van der Waals surface area contributed by atoms with E-state index in [4.69, 9.17) is 14.6 Å². The topological polar surface area (TPSA) is 149 Å². The molecule has 0 aromatic carbocycles. The summed E-state index contributed by atoms with van der Waals surface area (Å²) in [5.74, 6) is -0.945. The van der Waals surface area contributed by atoms with Crippen LogP contribution in [0.1, 0.15) is 45.7 Å². The number of aliphatic hydroxyl groups excluding tert-OH is 1. The second-order valence-corrected chi connectivity index (χ2v) is 8.43. The Morgan fingerprint density at radius 1 is 1.11 bits per heavy atom. The molecule has 3 aromatic heterocycles. The fourth-order valence-corrected chi connectivity index (χ4v) is 2.92. The molecule has 3 rings (SSSR count). The van der Waals surface area contributed by atoms with Crippen LogP contribution >= 0.6 is 0 Å². The van der Waals surface area contributed by atoms with E-state index in [1.807, 2.05) is 6.92 Å². The number of halogens is 3. The highest BCUT2D eigenvalue weighted by Crippen LogP contribution is 2.32. The Bertz CT molecular complexity index is 1060. The van der Waals surface area contributed by atoms with Crippen molar-refractivity contribution in [2.24, 2.45) is 5.92 Å². The molecule has 5 N–H and O–H groups in total. The van der Waals surface area contributed by atoms with Crippen molar-refractivity contribution in [2.45, 2.75) is 58.9 Å². The SMILES string of the molecule is CCC(C)(O)O.CCC(CO)CCNc1nc(NCC(F)(F)F)nc(C)c1-c1nc2cnccc2o1. The summed E-state index contributed by atoms with van der Waals surface area (Å²) in [7, 11) is 0. The van der Waals surface area contributed by atoms with Gasteiger partial charge in [0.25, 0.3) is 0 Å². The zero-order chi connectivity index (χ0) is 26.9. The zero-order valence-electron chi connectivity index (χ0n) is 20.7. The molecular weight excluding hydrogens is 481 g/mol. The van der Waals surface area contributed by atoms with Crippen molar-refractivity contribution in [3.63, 3.8) is 0 Å². The maximum Gasteiger partial charge on any atom is 0.405 e. The number of nitrogens with one attached hydrogen (secondary N) is 2. The monoisotopic (exact) mass is 514 g/mol. The number of aryl methyl sites for hydroxylation is 1. The summed E-state index contributed by atoms with van der Waals surface area (Å²) in [5.41, 5.74) is 1.94. The Morgan fingerprint density at radius 3 is 2.36 bits per heavy atom. The molecule has 0 radical (unpaired) electrons. The minimum absolute atomic E-state index is 0.0599. The fraction of sp³-hybridized carbons (Fsp3) is 0.565. The van der Waals surface area contributed by atoms with Crippen LogP contribution in [-0.4, -0.2) is 66.9 Å². The van der Waals surface area contributed by atoms with Crippen LogP contribution in [0.15, 0.2) is 22.9 Å². The fourth-order valence-electron chi connectivity index (χ4n) is 2.92. The molecule has 0 aliphatic carbocycles. The summed E-state index contributed by atoms with van der Waals surface area (Å²) in [4.78, 5) is 16.8. The average molecular weight is 515 g/mol. The number of pyridine rings is 1. The number of aromatic nitrogens is 4. The highest BCUT2D eigenvalue weighted by molar-refractivity contribution is 5.79. The summed E-state index contributed by atoms with van der Waals surface area (Å²) in [6.07, 6.45) is 0.587. The lowest BCUT2D eigenvalue weighted by atomic mass is 10.0. The van der Waals surface area contributed by atoms with E-state index in [0.29, 0.717) is 47.6 Å².